The van der Waals surface area contributed by atoms with E-state index in [1.54, 1.807) is 0 Å². The van der Waals surface area contributed by atoms with Gasteiger partial charge in [-0.05, 0) is 31.4 Å². The molecule has 1 saturated heterocycles. The first-order valence-corrected chi connectivity index (χ1v) is 8.16. The topological polar surface area (TPSA) is 29.0 Å². The maximum atomic E-state index is 6.05. The van der Waals surface area contributed by atoms with Crippen LogP contribution in [-0.2, 0) is 0 Å². The summed E-state index contributed by atoms with van der Waals surface area (Å²) in [7, 11) is 0. The van der Waals surface area contributed by atoms with Crippen LogP contribution in [0.3, 0.4) is 0 Å². The minimum atomic E-state index is 0.542. The highest BCUT2D eigenvalue weighted by atomic mass is 35.5. The molecule has 0 amide bonds. The fraction of sp³-hybridized carbons (Fsp3) is 0.692. The molecular weight excluding hydrogens is 266 g/mol. The number of anilines is 1. The normalized spacial score (nSPS) is 20.8. The molecule has 0 spiro atoms. The maximum Gasteiger partial charge on any atom is 0.190 e. The van der Waals surface area contributed by atoms with Crippen LogP contribution in [0.5, 0.6) is 0 Å². The molecular formula is C13H20ClN3S. The van der Waals surface area contributed by atoms with Gasteiger partial charge in [-0.15, -0.1) is 0 Å². The van der Waals surface area contributed by atoms with E-state index in [2.05, 4.69) is 21.8 Å². The highest BCUT2D eigenvalue weighted by molar-refractivity contribution is 7.98. The molecule has 1 aliphatic heterocycles. The number of rotatable bonds is 3. The molecule has 1 aromatic rings. The summed E-state index contributed by atoms with van der Waals surface area (Å²) >= 11 is 7.59. The second-order valence-electron chi connectivity index (χ2n) is 4.73. The van der Waals surface area contributed by atoms with Crippen molar-refractivity contribution in [2.75, 3.05) is 24.2 Å². The molecule has 0 saturated carbocycles. The largest absolute Gasteiger partial charge is 0.356 e. The van der Waals surface area contributed by atoms with E-state index in [1.807, 2.05) is 12.3 Å². The maximum absolute atomic E-state index is 6.05. The number of hydrogen-bond acceptors (Lipinski definition) is 4. The summed E-state index contributed by atoms with van der Waals surface area (Å²) in [6, 6.07) is 1.88. The van der Waals surface area contributed by atoms with E-state index in [-0.39, 0.29) is 0 Å². The van der Waals surface area contributed by atoms with Crippen molar-refractivity contribution in [2.24, 2.45) is 5.92 Å². The number of nitrogens with zero attached hydrogens (tertiary/aromatic N) is 3. The molecule has 2 heterocycles. The van der Waals surface area contributed by atoms with Crippen molar-refractivity contribution in [3.05, 3.63) is 11.2 Å². The Labute approximate surface area is 118 Å². The van der Waals surface area contributed by atoms with E-state index in [4.69, 9.17) is 11.6 Å². The van der Waals surface area contributed by atoms with Gasteiger partial charge in [-0.25, -0.2) is 9.97 Å². The predicted octanol–water partition coefficient (Wildman–Crippen LogP) is 3.87. The first-order valence-electron chi connectivity index (χ1n) is 6.56. The number of hydrogen-bond donors (Lipinski definition) is 0. The average molecular weight is 286 g/mol. The molecule has 1 fully saturated rings. The summed E-state index contributed by atoms with van der Waals surface area (Å²) in [5, 5.41) is 1.30. The second-order valence-corrected chi connectivity index (χ2v) is 5.89. The first kappa shape index (κ1) is 13.9. The van der Waals surface area contributed by atoms with Gasteiger partial charge in [-0.2, -0.15) is 0 Å². The second kappa shape index (κ2) is 6.62. The molecule has 5 heteroatoms. The lowest BCUT2D eigenvalue weighted by molar-refractivity contribution is 0.459. The van der Waals surface area contributed by atoms with Crippen LogP contribution in [0.15, 0.2) is 11.2 Å². The van der Waals surface area contributed by atoms with Gasteiger partial charge >= 0.3 is 0 Å². The van der Waals surface area contributed by atoms with Crippen LogP contribution in [0.4, 0.5) is 5.82 Å². The van der Waals surface area contributed by atoms with Crippen LogP contribution < -0.4 is 4.90 Å². The smallest absolute Gasteiger partial charge is 0.190 e. The fourth-order valence-corrected chi connectivity index (χ4v) is 3.04. The van der Waals surface area contributed by atoms with E-state index < -0.39 is 0 Å². The van der Waals surface area contributed by atoms with Gasteiger partial charge in [0.25, 0.3) is 0 Å². The lowest BCUT2D eigenvalue weighted by Crippen LogP contribution is -2.25. The quantitative estimate of drug-likeness (QED) is 0.479. The van der Waals surface area contributed by atoms with Crippen molar-refractivity contribution in [3.8, 4) is 0 Å². The van der Waals surface area contributed by atoms with Crippen LogP contribution in [0.2, 0.25) is 5.15 Å². The molecule has 1 unspecified atom stereocenters. The lowest BCUT2D eigenvalue weighted by Gasteiger charge is -2.22. The van der Waals surface area contributed by atoms with Gasteiger partial charge in [0.2, 0.25) is 0 Å². The Kier molecular flexibility index (Phi) is 5.13. The van der Waals surface area contributed by atoms with Crippen LogP contribution in [0.25, 0.3) is 0 Å². The molecule has 0 bridgehead atoms. The molecule has 1 aliphatic rings. The molecule has 0 aliphatic carbocycles. The SMILES string of the molecule is CCC1CCCN(c2cc(Cl)nc(SC)n2)CC1. The molecule has 18 heavy (non-hydrogen) atoms. The Hall–Kier alpha value is -0.480. The van der Waals surface area contributed by atoms with E-state index >= 15 is 0 Å². The Balaban J connectivity index is 2.13. The number of thioether (sulfide) groups is 1. The molecule has 3 nitrogen and oxygen atoms in total. The van der Waals surface area contributed by atoms with E-state index in [0.717, 1.165) is 30.0 Å². The van der Waals surface area contributed by atoms with Gasteiger partial charge in [-0.3, -0.25) is 0 Å². The lowest BCUT2D eigenvalue weighted by atomic mass is 9.98. The predicted molar refractivity (Wildman–Crippen MR) is 78.7 cm³/mol. The van der Waals surface area contributed by atoms with E-state index in [1.165, 1.54) is 37.4 Å². The van der Waals surface area contributed by atoms with Gasteiger partial charge in [0.15, 0.2) is 5.16 Å². The summed E-state index contributed by atoms with van der Waals surface area (Å²) in [6.45, 7) is 4.45. The molecule has 1 aromatic heterocycles. The minimum Gasteiger partial charge on any atom is -0.356 e. The third-order valence-electron chi connectivity index (χ3n) is 3.59. The standard InChI is InChI=1S/C13H20ClN3S/c1-3-10-5-4-7-17(8-6-10)12-9-11(14)15-13(16-12)18-2/h9-10H,3-8H2,1-2H3. The van der Waals surface area contributed by atoms with Crippen LogP contribution in [0.1, 0.15) is 32.6 Å². The Bertz CT molecular complexity index is 400. The fourth-order valence-electron chi connectivity index (χ4n) is 2.44. The highest BCUT2D eigenvalue weighted by Gasteiger charge is 2.17. The molecule has 0 radical (unpaired) electrons. The van der Waals surface area contributed by atoms with Crippen molar-refractivity contribution in [1.29, 1.82) is 0 Å². The summed E-state index contributed by atoms with van der Waals surface area (Å²) in [5.41, 5.74) is 0. The average Bonchev–Trinajstić information content (AvgIpc) is 2.63. The monoisotopic (exact) mass is 285 g/mol. The van der Waals surface area contributed by atoms with Gasteiger partial charge in [0, 0.05) is 19.2 Å². The zero-order valence-electron chi connectivity index (χ0n) is 11.0. The van der Waals surface area contributed by atoms with E-state index in [9.17, 15) is 0 Å². The third kappa shape index (κ3) is 3.51. The van der Waals surface area contributed by atoms with Gasteiger partial charge < -0.3 is 4.90 Å². The molecule has 100 valence electrons. The highest BCUT2D eigenvalue weighted by Crippen LogP contribution is 2.25. The van der Waals surface area contributed by atoms with Gasteiger partial charge in [0.05, 0.1) is 0 Å². The third-order valence-corrected chi connectivity index (χ3v) is 4.33. The van der Waals surface area contributed by atoms with Crippen LogP contribution in [-0.4, -0.2) is 29.3 Å². The molecule has 1 atom stereocenters. The first-order chi connectivity index (χ1) is 8.72. The van der Waals surface area contributed by atoms with Crippen molar-refractivity contribution >= 4 is 29.2 Å². The molecule has 0 N–H and O–H groups in total. The van der Waals surface area contributed by atoms with Crippen molar-refractivity contribution in [1.82, 2.24) is 9.97 Å². The van der Waals surface area contributed by atoms with Gasteiger partial charge in [-0.1, -0.05) is 36.7 Å². The zero-order chi connectivity index (χ0) is 13.0. The zero-order valence-corrected chi connectivity index (χ0v) is 12.6. The Morgan fingerprint density at radius 1 is 1.39 bits per heavy atom. The Morgan fingerprint density at radius 3 is 2.94 bits per heavy atom. The van der Waals surface area contributed by atoms with Crippen molar-refractivity contribution in [2.45, 2.75) is 37.8 Å². The van der Waals surface area contributed by atoms with Crippen LogP contribution >= 0.6 is 23.4 Å². The molecule has 2 rings (SSSR count). The molecule has 0 aromatic carbocycles. The van der Waals surface area contributed by atoms with Crippen molar-refractivity contribution < 1.29 is 0 Å². The summed E-state index contributed by atoms with van der Waals surface area (Å²) in [4.78, 5) is 11.1. The number of aromatic nitrogens is 2. The summed E-state index contributed by atoms with van der Waals surface area (Å²) < 4.78 is 0. The van der Waals surface area contributed by atoms with Crippen molar-refractivity contribution in [3.63, 3.8) is 0 Å². The van der Waals surface area contributed by atoms with Crippen LogP contribution in [0, 0.1) is 5.92 Å². The number of halogens is 1. The minimum absolute atomic E-state index is 0.542. The van der Waals surface area contributed by atoms with E-state index in [0.29, 0.717) is 5.15 Å². The van der Waals surface area contributed by atoms with Gasteiger partial charge in [0.1, 0.15) is 11.0 Å². The summed E-state index contributed by atoms with van der Waals surface area (Å²) in [6.07, 6.45) is 7.10. The Morgan fingerprint density at radius 2 is 2.22 bits per heavy atom. The summed E-state index contributed by atoms with van der Waals surface area (Å²) in [5.74, 6) is 1.85.